The molecule has 0 aliphatic heterocycles. The second kappa shape index (κ2) is 12.4. The Morgan fingerprint density at radius 1 is 0.765 bits per heavy atom. The van der Waals surface area contributed by atoms with Crippen molar-refractivity contribution >= 4 is 0 Å². The van der Waals surface area contributed by atoms with E-state index < -0.39 is 0 Å². The molecule has 1 heteroatoms. The first kappa shape index (κ1) is 17.0. The average molecular weight is 242 g/mol. The van der Waals surface area contributed by atoms with E-state index in [0.717, 1.165) is 0 Å². The Bertz CT molecular complexity index is 144. The van der Waals surface area contributed by atoms with Crippen LogP contribution in [0.15, 0.2) is 0 Å². The first-order valence-corrected chi connectivity index (χ1v) is 7.89. The summed E-state index contributed by atoms with van der Waals surface area (Å²) in [6, 6.07) is 0. The van der Waals surface area contributed by atoms with E-state index in [0.29, 0.717) is 12.2 Å². The molecule has 0 fully saturated rings. The molecule has 0 heterocycles. The second-order valence-electron chi connectivity index (χ2n) is 5.32. The van der Waals surface area contributed by atoms with Crippen LogP contribution in [0.1, 0.15) is 91.9 Å². The summed E-state index contributed by atoms with van der Waals surface area (Å²) in [5, 5.41) is 0. The van der Waals surface area contributed by atoms with E-state index in [-0.39, 0.29) is 0 Å². The number of ether oxygens (including phenoxy) is 1. The predicted molar refractivity (Wildman–Crippen MR) is 77.5 cm³/mol. The van der Waals surface area contributed by atoms with E-state index in [1.54, 1.807) is 0 Å². The largest absolute Gasteiger partial charge is 0.375 e. The van der Waals surface area contributed by atoms with Crippen LogP contribution in [0.5, 0.6) is 0 Å². The Labute approximate surface area is 109 Å². The van der Waals surface area contributed by atoms with Crippen LogP contribution >= 0.6 is 0 Å². The maximum atomic E-state index is 6.13. The molecule has 0 N–H and O–H groups in total. The summed E-state index contributed by atoms with van der Waals surface area (Å²) in [6.45, 7) is 9.02. The van der Waals surface area contributed by atoms with Crippen LogP contribution in [-0.4, -0.2) is 12.2 Å². The zero-order chi connectivity index (χ0) is 12.9. The lowest BCUT2D eigenvalue weighted by Gasteiger charge is -2.21. The highest BCUT2D eigenvalue weighted by Crippen LogP contribution is 2.15. The first-order valence-electron chi connectivity index (χ1n) is 7.89. The molecule has 0 radical (unpaired) electrons. The zero-order valence-corrected chi connectivity index (χ0v) is 12.6. The van der Waals surface area contributed by atoms with Gasteiger partial charge < -0.3 is 4.74 Å². The predicted octanol–water partition coefficient (Wildman–Crippen LogP) is 5.72. The summed E-state index contributed by atoms with van der Waals surface area (Å²) in [5.74, 6) is 0. The fourth-order valence-corrected chi connectivity index (χ4v) is 2.25. The number of hydrogen-bond acceptors (Lipinski definition) is 1. The van der Waals surface area contributed by atoms with Crippen molar-refractivity contribution in [1.82, 2.24) is 0 Å². The Morgan fingerprint density at radius 3 is 1.94 bits per heavy atom. The highest BCUT2D eigenvalue weighted by Gasteiger charge is 2.10. The van der Waals surface area contributed by atoms with Gasteiger partial charge in [0.15, 0.2) is 0 Å². The quantitative estimate of drug-likeness (QED) is 0.398. The van der Waals surface area contributed by atoms with Crippen molar-refractivity contribution in [2.45, 2.75) is 104 Å². The van der Waals surface area contributed by atoms with Crippen LogP contribution in [-0.2, 0) is 4.74 Å². The monoisotopic (exact) mass is 242 g/mol. The van der Waals surface area contributed by atoms with Crippen molar-refractivity contribution in [1.29, 1.82) is 0 Å². The summed E-state index contributed by atoms with van der Waals surface area (Å²) in [4.78, 5) is 0. The SMILES string of the molecule is CCCCCCC(C)OC(CC)CCCCC. The lowest BCUT2D eigenvalue weighted by Crippen LogP contribution is -2.19. The van der Waals surface area contributed by atoms with Crippen molar-refractivity contribution in [3.63, 3.8) is 0 Å². The molecule has 104 valence electrons. The lowest BCUT2D eigenvalue weighted by molar-refractivity contribution is -0.0143. The average Bonchev–Trinajstić information content (AvgIpc) is 2.33. The van der Waals surface area contributed by atoms with Crippen molar-refractivity contribution in [3.05, 3.63) is 0 Å². The van der Waals surface area contributed by atoms with Gasteiger partial charge in [0, 0.05) is 0 Å². The number of rotatable bonds is 12. The van der Waals surface area contributed by atoms with Crippen LogP contribution in [0.3, 0.4) is 0 Å². The fraction of sp³-hybridized carbons (Fsp3) is 1.00. The normalized spacial score (nSPS) is 14.8. The van der Waals surface area contributed by atoms with Crippen molar-refractivity contribution in [2.24, 2.45) is 0 Å². The van der Waals surface area contributed by atoms with Crippen molar-refractivity contribution in [3.8, 4) is 0 Å². The Balaban J connectivity index is 3.55. The molecule has 17 heavy (non-hydrogen) atoms. The van der Waals surface area contributed by atoms with Crippen LogP contribution < -0.4 is 0 Å². The van der Waals surface area contributed by atoms with E-state index in [4.69, 9.17) is 4.74 Å². The summed E-state index contributed by atoms with van der Waals surface area (Å²) >= 11 is 0. The van der Waals surface area contributed by atoms with Gasteiger partial charge in [-0.1, -0.05) is 65.7 Å². The van der Waals surface area contributed by atoms with Gasteiger partial charge in [0.05, 0.1) is 12.2 Å². The molecule has 0 aromatic heterocycles. The molecule has 2 unspecified atom stereocenters. The minimum Gasteiger partial charge on any atom is -0.375 e. The molecule has 0 aromatic carbocycles. The first-order chi connectivity index (χ1) is 8.24. The van der Waals surface area contributed by atoms with Gasteiger partial charge in [0.25, 0.3) is 0 Å². The Hall–Kier alpha value is -0.0400. The standard InChI is InChI=1S/C16H34O/c1-5-8-10-12-13-15(4)17-16(7-3)14-11-9-6-2/h15-16H,5-14H2,1-4H3. The van der Waals surface area contributed by atoms with Crippen LogP contribution in [0.2, 0.25) is 0 Å². The highest BCUT2D eigenvalue weighted by atomic mass is 16.5. The van der Waals surface area contributed by atoms with Crippen LogP contribution in [0.4, 0.5) is 0 Å². The van der Waals surface area contributed by atoms with Crippen molar-refractivity contribution < 1.29 is 4.74 Å². The third kappa shape index (κ3) is 10.8. The van der Waals surface area contributed by atoms with Crippen molar-refractivity contribution in [2.75, 3.05) is 0 Å². The van der Waals surface area contributed by atoms with E-state index in [1.165, 1.54) is 64.2 Å². The number of hydrogen-bond donors (Lipinski definition) is 0. The zero-order valence-electron chi connectivity index (χ0n) is 12.6. The lowest BCUT2D eigenvalue weighted by atomic mass is 10.1. The molecule has 0 saturated carbocycles. The molecular weight excluding hydrogens is 208 g/mol. The van der Waals surface area contributed by atoms with Crippen LogP contribution in [0, 0.1) is 0 Å². The number of unbranched alkanes of at least 4 members (excludes halogenated alkanes) is 5. The van der Waals surface area contributed by atoms with Gasteiger partial charge in [0.1, 0.15) is 0 Å². The molecule has 0 spiro atoms. The molecule has 2 atom stereocenters. The van der Waals surface area contributed by atoms with Gasteiger partial charge >= 0.3 is 0 Å². The maximum Gasteiger partial charge on any atom is 0.0576 e. The molecule has 0 amide bonds. The molecule has 0 aliphatic rings. The Morgan fingerprint density at radius 2 is 1.35 bits per heavy atom. The van der Waals surface area contributed by atoms with E-state index >= 15 is 0 Å². The smallest absolute Gasteiger partial charge is 0.0576 e. The van der Waals surface area contributed by atoms with E-state index in [2.05, 4.69) is 27.7 Å². The van der Waals surface area contributed by atoms with Gasteiger partial charge in [-0.25, -0.2) is 0 Å². The molecule has 0 aromatic rings. The molecule has 0 aliphatic carbocycles. The van der Waals surface area contributed by atoms with Gasteiger partial charge in [-0.05, 0) is 26.2 Å². The molecule has 0 saturated heterocycles. The van der Waals surface area contributed by atoms with Gasteiger partial charge in [0.2, 0.25) is 0 Å². The fourth-order valence-electron chi connectivity index (χ4n) is 2.25. The molecular formula is C16H34O. The third-order valence-corrected chi connectivity index (χ3v) is 3.47. The minimum atomic E-state index is 0.457. The minimum absolute atomic E-state index is 0.457. The summed E-state index contributed by atoms with van der Waals surface area (Å²) in [7, 11) is 0. The van der Waals surface area contributed by atoms with Crippen LogP contribution in [0.25, 0.3) is 0 Å². The van der Waals surface area contributed by atoms with Gasteiger partial charge in [-0.15, -0.1) is 0 Å². The molecule has 1 nitrogen and oxygen atoms in total. The molecule has 0 rings (SSSR count). The Kier molecular flexibility index (Phi) is 12.4. The van der Waals surface area contributed by atoms with E-state index in [1.807, 2.05) is 0 Å². The van der Waals surface area contributed by atoms with Gasteiger partial charge in [-0.2, -0.15) is 0 Å². The highest BCUT2D eigenvalue weighted by molar-refractivity contribution is 4.60. The summed E-state index contributed by atoms with van der Waals surface area (Å²) < 4.78 is 6.13. The summed E-state index contributed by atoms with van der Waals surface area (Å²) in [5.41, 5.74) is 0. The summed E-state index contributed by atoms with van der Waals surface area (Å²) in [6.07, 6.45) is 14.0. The third-order valence-electron chi connectivity index (χ3n) is 3.47. The van der Waals surface area contributed by atoms with Gasteiger partial charge in [-0.3, -0.25) is 0 Å². The maximum absolute atomic E-state index is 6.13. The van der Waals surface area contributed by atoms with E-state index in [9.17, 15) is 0 Å². The molecule has 0 bridgehead atoms. The second-order valence-corrected chi connectivity index (χ2v) is 5.32. The topological polar surface area (TPSA) is 9.23 Å².